The maximum atomic E-state index is 12.6. The van der Waals surface area contributed by atoms with Gasteiger partial charge in [0.2, 0.25) is 10.8 Å². The Morgan fingerprint density at radius 1 is 1.11 bits per heavy atom. The molecule has 2 aromatic rings. The third-order valence-electron chi connectivity index (χ3n) is 6.07. The predicted molar refractivity (Wildman–Crippen MR) is 127 cm³/mol. The maximum Gasteiger partial charge on any atom is 0.490 e. The third-order valence-corrected chi connectivity index (χ3v) is 7.53. The van der Waals surface area contributed by atoms with Crippen LogP contribution in [0.25, 0.3) is 0 Å². The van der Waals surface area contributed by atoms with E-state index < -0.39 is 23.3 Å². The Morgan fingerprint density at radius 3 is 2.33 bits per heavy atom. The van der Waals surface area contributed by atoms with Crippen LogP contribution in [0.1, 0.15) is 18.5 Å². The Hall–Kier alpha value is -2.84. The predicted octanol–water partition coefficient (Wildman–Crippen LogP) is 2.09. The molecule has 0 bridgehead atoms. The van der Waals surface area contributed by atoms with E-state index in [1.165, 1.54) is 5.69 Å². The lowest BCUT2D eigenvalue weighted by Crippen LogP contribution is -2.47. The monoisotopic (exact) mass is 528 g/mol. The molecule has 5 rings (SSSR count). The Morgan fingerprint density at radius 2 is 1.72 bits per heavy atom. The minimum Gasteiger partial charge on any atom is -0.611 e. The molecule has 0 aliphatic carbocycles. The molecule has 1 atom stereocenters. The molecule has 5 heterocycles. The van der Waals surface area contributed by atoms with E-state index in [9.17, 15) is 17.7 Å². The second kappa shape index (κ2) is 11.5. The zero-order valence-corrected chi connectivity index (χ0v) is 20.2. The highest BCUT2D eigenvalue weighted by atomic mass is 32.2. The van der Waals surface area contributed by atoms with Crippen molar-refractivity contribution in [3.8, 4) is 0 Å². The van der Waals surface area contributed by atoms with Gasteiger partial charge in [-0.1, -0.05) is 0 Å². The van der Waals surface area contributed by atoms with E-state index in [4.69, 9.17) is 24.6 Å². The van der Waals surface area contributed by atoms with Crippen LogP contribution in [0.4, 0.5) is 30.6 Å². The summed E-state index contributed by atoms with van der Waals surface area (Å²) in [6.45, 7) is 5.08. The molecule has 2 N–H and O–H groups in total. The Labute approximate surface area is 209 Å². The highest BCUT2D eigenvalue weighted by Gasteiger charge is 2.38. The first-order chi connectivity index (χ1) is 17.2. The van der Waals surface area contributed by atoms with Crippen molar-refractivity contribution >= 4 is 34.6 Å². The number of fused-ring (bicyclic) bond motifs is 1. The second-order valence-corrected chi connectivity index (χ2v) is 9.97. The summed E-state index contributed by atoms with van der Waals surface area (Å²) >= 11 is -1.01. The van der Waals surface area contributed by atoms with Crippen LogP contribution in [-0.4, -0.2) is 87.9 Å². The number of alkyl halides is 3. The molecule has 2 fully saturated rings. The maximum absolute atomic E-state index is 12.6. The quantitative estimate of drug-likeness (QED) is 0.570. The van der Waals surface area contributed by atoms with E-state index in [0.717, 1.165) is 81.0 Å². The molecule has 1 unspecified atom stereocenters. The average Bonchev–Trinajstić information content (AvgIpc) is 3.26. The third kappa shape index (κ3) is 6.48. The molecule has 0 spiro atoms. The summed E-state index contributed by atoms with van der Waals surface area (Å²) in [7, 11) is 0. The van der Waals surface area contributed by atoms with Crippen LogP contribution < -0.4 is 15.1 Å². The van der Waals surface area contributed by atoms with Gasteiger partial charge in [-0.2, -0.15) is 18.2 Å². The number of piperazine rings is 1. The van der Waals surface area contributed by atoms with Crippen molar-refractivity contribution in [2.24, 2.45) is 0 Å². The highest BCUT2D eigenvalue weighted by molar-refractivity contribution is 7.91. The van der Waals surface area contributed by atoms with Crippen LogP contribution in [0.3, 0.4) is 0 Å². The first-order valence-corrected chi connectivity index (χ1v) is 12.9. The molecule has 0 radical (unpaired) electrons. The number of aliphatic carboxylic acids is 1. The van der Waals surface area contributed by atoms with Gasteiger partial charge in [0.1, 0.15) is 11.4 Å². The normalized spacial score (nSPS) is 20.4. The van der Waals surface area contributed by atoms with Crippen molar-refractivity contribution in [2.45, 2.75) is 36.4 Å². The topological polar surface area (TPSA) is 127 Å². The number of carbonyl (C=O) groups is 1. The second-order valence-electron chi connectivity index (χ2n) is 8.46. The standard InChI is InChI=1S/C20H26N6O2S.C2HF3O2/c27-29-14-5-17-18(29)19(22-15-3-12-28-13-4-15)24-20(23-17)26-10-8-25(9-11-26)16-1-6-21-7-2-16;3-2(4,5)1(6)7/h1-2,6-7,15H,3-5,8-14H2,(H,22,23,24);(H,6,7). The van der Waals surface area contributed by atoms with Crippen molar-refractivity contribution in [1.82, 2.24) is 15.0 Å². The number of anilines is 3. The number of aromatic nitrogens is 3. The van der Waals surface area contributed by atoms with E-state index in [1.54, 1.807) is 0 Å². The summed E-state index contributed by atoms with van der Waals surface area (Å²) in [5.74, 6) is -0.588. The molecule has 0 amide bonds. The lowest BCUT2D eigenvalue weighted by Gasteiger charge is -2.36. The van der Waals surface area contributed by atoms with Gasteiger partial charge in [0.25, 0.3) is 0 Å². The Bertz CT molecular complexity index is 1030. The van der Waals surface area contributed by atoms with E-state index >= 15 is 0 Å². The molecule has 14 heteroatoms. The fraction of sp³-hybridized carbons (Fsp3) is 0.545. The van der Waals surface area contributed by atoms with Crippen LogP contribution in [0.5, 0.6) is 0 Å². The summed E-state index contributed by atoms with van der Waals surface area (Å²) in [6.07, 6.45) is 1.24. The molecule has 0 saturated carbocycles. The van der Waals surface area contributed by atoms with Gasteiger partial charge in [0, 0.05) is 69.9 Å². The van der Waals surface area contributed by atoms with Gasteiger partial charge in [-0.15, -0.1) is 0 Å². The number of carboxylic acid groups (broad SMARTS) is 1. The van der Waals surface area contributed by atoms with Gasteiger partial charge in [-0.3, -0.25) is 4.98 Å². The zero-order chi connectivity index (χ0) is 25.7. The van der Waals surface area contributed by atoms with Crippen molar-refractivity contribution in [3.63, 3.8) is 0 Å². The molecule has 2 aromatic heterocycles. The van der Waals surface area contributed by atoms with Gasteiger partial charge < -0.3 is 29.5 Å². The number of nitrogens with one attached hydrogen (secondary N) is 1. The van der Waals surface area contributed by atoms with E-state index in [0.29, 0.717) is 11.8 Å². The summed E-state index contributed by atoms with van der Waals surface area (Å²) in [5, 5.41) is 10.7. The molecule has 2 saturated heterocycles. The summed E-state index contributed by atoms with van der Waals surface area (Å²) in [4.78, 5) is 28.1. The first kappa shape index (κ1) is 26.2. The highest BCUT2D eigenvalue weighted by Crippen LogP contribution is 2.33. The molecule has 36 heavy (non-hydrogen) atoms. The number of hydrogen-bond donors (Lipinski definition) is 2. The number of rotatable bonds is 4. The molecule has 3 aliphatic rings. The van der Waals surface area contributed by atoms with Gasteiger partial charge in [0.15, 0.2) is 5.82 Å². The number of aryl methyl sites for hydroxylation is 1. The van der Waals surface area contributed by atoms with Crippen LogP contribution in [0.15, 0.2) is 29.4 Å². The van der Waals surface area contributed by atoms with Gasteiger partial charge in [-0.05, 0) is 36.2 Å². The summed E-state index contributed by atoms with van der Waals surface area (Å²) in [6, 6.07) is 4.41. The Balaban J connectivity index is 0.000000384. The van der Waals surface area contributed by atoms with Crippen LogP contribution in [-0.2, 0) is 27.1 Å². The molecular weight excluding hydrogens is 501 g/mol. The number of ether oxygens (including phenoxy) is 1. The van der Waals surface area contributed by atoms with Crippen LogP contribution in [0.2, 0.25) is 0 Å². The van der Waals surface area contributed by atoms with Crippen molar-refractivity contribution < 1.29 is 32.4 Å². The SMILES string of the molecule is O=C(O)C(F)(F)F.[O-][S+]1CCc2nc(N3CCN(c4ccncc4)CC3)nc(NC3CCOCC3)c21. The van der Waals surface area contributed by atoms with E-state index in [1.807, 2.05) is 24.5 Å². The molecular formula is C22H27F3N6O4S. The molecule has 3 aliphatic heterocycles. The summed E-state index contributed by atoms with van der Waals surface area (Å²) in [5.41, 5.74) is 2.14. The number of nitrogens with zero attached hydrogens (tertiary/aromatic N) is 5. The molecule has 0 aromatic carbocycles. The Kier molecular flexibility index (Phi) is 8.36. The molecule has 196 valence electrons. The lowest BCUT2D eigenvalue weighted by atomic mass is 10.1. The largest absolute Gasteiger partial charge is 0.611 e. The van der Waals surface area contributed by atoms with Crippen LogP contribution in [0, 0.1) is 0 Å². The fourth-order valence-electron chi connectivity index (χ4n) is 4.18. The van der Waals surface area contributed by atoms with Crippen molar-refractivity contribution in [3.05, 3.63) is 30.2 Å². The minimum atomic E-state index is -5.08. The van der Waals surface area contributed by atoms with E-state index in [-0.39, 0.29) is 0 Å². The zero-order valence-electron chi connectivity index (χ0n) is 19.4. The smallest absolute Gasteiger partial charge is 0.490 e. The lowest BCUT2D eigenvalue weighted by molar-refractivity contribution is -0.192. The van der Waals surface area contributed by atoms with E-state index in [2.05, 4.69) is 20.1 Å². The van der Waals surface area contributed by atoms with Gasteiger partial charge in [-0.25, -0.2) is 9.78 Å². The number of hydrogen-bond acceptors (Lipinski definition) is 9. The average molecular weight is 529 g/mol. The van der Waals surface area contributed by atoms with Gasteiger partial charge >= 0.3 is 12.1 Å². The van der Waals surface area contributed by atoms with Gasteiger partial charge in [0.05, 0.1) is 0 Å². The van der Waals surface area contributed by atoms with Crippen LogP contribution >= 0.6 is 0 Å². The minimum absolute atomic E-state index is 0.316. The van der Waals surface area contributed by atoms with Crippen molar-refractivity contribution in [2.75, 3.05) is 60.3 Å². The fourth-order valence-corrected chi connectivity index (χ4v) is 5.49. The number of carboxylic acids is 1. The van der Waals surface area contributed by atoms with Crippen molar-refractivity contribution in [1.29, 1.82) is 0 Å². The summed E-state index contributed by atoms with van der Waals surface area (Å²) < 4.78 is 49.8. The number of pyridine rings is 1. The first-order valence-electron chi connectivity index (χ1n) is 11.6. The molecule has 10 nitrogen and oxygen atoms in total. The number of halogens is 3.